The van der Waals surface area contributed by atoms with E-state index >= 15 is 0 Å². The molecule has 0 aliphatic carbocycles. The molecule has 2 aromatic rings. The van der Waals surface area contributed by atoms with Gasteiger partial charge in [0.1, 0.15) is 5.01 Å². The van der Waals surface area contributed by atoms with E-state index in [0.717, 1.165) is 25.3 Å². The first-order chi connectivity index (χ1) is 10.0. The number of benzene rings is 1. The summed E-state index contributed by atoms with van der Waals surface area (Å²) in [6.07, 6.45) is 0. The van der Waals surface area contributed by atoms with E-state index in [9.17, 15) is 0 Å². The summed E-state index contributed by atoms with van der Waals surface area (Å²) in [5.41, 5.74) is 3.82. The normalized spacial score (nSPS) is 11.5. The summed E-state index contributed by atoms with van der Waals surface area (Å²) in [4.78, 5) is 7.00. The van der Waals surface area contributed by atoms with Crippen molar-refractivity contribution in [2.75, 3.05) is 7.05 Å². The maximum atomic E-state index is 4.69. The first-order valence-corrected chi connectivity index (χ1v) is 8.31. The highest BCUT2D eigenvalue weighted by atomic mass is 32.1. The summed E-state index contributed by atoms with van der Waals surface area (Å²) in [5, 5.41) is 6.75. The fraction of sp³-hybridized carbons (Fsp3) is 0.471. The van der Waals surface area contributed by atoms with Crippen molar-refractivity contribution in [3.63, 3.8) is 0 Å². The molecule has 1 N–H and O–H groups in total. The fourth-order valence-corrected chi connectivity index (χ4v) is 2.87. The Kier molecular flexibility index (Phi) is 5.91. The minimum Gasteiger partial charge on any atom is -0.308 e. The van der Waals surface area contributed by atoms with Crippen molar-refractivity contribution in [3.8, 4) is 0 Å². The standard InChI is InChI=1S/C17H25N3S/c1-13(2)18-9-17-19-16(12-21-17)11-20(4)10-15-7-5-14(3)6-8-15/h5-8,12-13,18H,9-11H2,1-4H3. The number of hydrogen-bond donors (Lipinski definition) is 1. The average Bonchev–Trinajstić information content (AvgIpc) is 2.86. The lowest BCUT2D eigenvalue weighted by molar-refractivity contribution is 0.315. The van der Waals surface area contributed by atoms with Crippen molar-refractivity contribution in [1.82, 2.24) is 15.2 Å². The SMILES string of the molecule is Cc1ccc(CN(C)Cc2csc(CNC(C)C)n2)cc1. The van der Waals surface area contributed by atoms with Gasteiger partial charge in [0.2, 0.25) is 0 Å². The molecule has 0 amide bonds. The summed E-state index contributed by atoms with van der Waals surface area (Å²) in [6, 6.07) is 9.24. The summed E-state index contributed by atoms with van der Waals surface area (Å²) < 4.78 is 0. The van der Waals surface area contributed by atoms with Gasteiger partial charge in [0.15, 0.2) is 0 Å². The predicted octanol–water partition coefficient (Wildman–Crippen LogP) is 3.58. The van der Waals surface area contributed by atoms with Gasteiger partial charge in [-0.2, -0.15) is 0 Å². The fourth-order valence-electron chi connectivity index (χ4n) is 2.13. The zero-order chi connectivity index (χ0) is 15.2. The molecule has 2 rings (SSSR count). The lowest BCUT2D eigenvalue weighted by atomic mass is 10.1. The Bertz CT molecular complexity index is 545. The third-order valence-corrected chi connectivity index (χ3v) is 4.16. The van der Waals surface area contributed by atoms with Gasteiger partial charge in [-0.05, 0) is 19.5 Å². The van der Waals surface area contributed by atoms with E-state index < -0.39 is 0 Å². The van der Waals surface area contributed by atoms with E-state index in [-0.39, 0.29) is 0 Å². The van der Waals surface area contributed by atoms with Crippen LogP contribution in [0.15, 0.2) is 29.6 Å². The molecular weight excluding hydrogens is 278 g/mol. The van der Waals surface area contributed by atoms with E-state index in [1.165, 1.54) is 16.1 Å². The Labute approximate surface area is 132 Å². The molecule has 0 spiro atoms. The number of hydrogen-bond acceptors (Lipinski definition) is 4. The molecule has 4 heteroatoms. The van der Waals surface area contributed by atoms with E-state index in [1.54, 1.807) is 11.3 Å². The maximum absolute atomic E-state index is 4.69. The van der Waals surface area contributed by atoms with Crippen LogP contribution in [-0.2, 0) is 19.6 Å². The van der Waals surface area contributed by atoms with Crippen LogP contribution in [0.2, 0.25) is 0 Å². The molecule has 114 valence electrons. The molecule has 0 saturated heterocycles. The number of nitrogens with zero attached hydrogens (tertiary/aromatic N) is 2. The maximum Gasteiger partial charge on any atom is 0.107 e. The Balaban J connectivity index is 1.84. The van der Waals surface area contributed by atoms with E-state index in [0.29, 0.717) is 6.04 Å². The predicted molar refractivity (Wildman–Crippen MR) is 90.4 cm³/mol. The molecule has 0 fully saturated rings. The third kappa shape index (κ3) is 5.58. The highest BCUT2D eigenvalue weighted by Crippen LogP contribution is 2.13. The molecule has 0 bridgehead atoms. The van der Waals surface area contributed by atoms with Crippen molar-refractivity contribution in [3.05, 3.63) is 51.5 Å². The molecule has 0 unspecified atom stereocenters. The second-order valence-electron chi connectivity index (χ2n) is 5.93. The first kappa shape index (κ1) is 16.1. The summed E-state index contributed by atoms with van der Waals surface area (Å²) >= 11 is 1.74. The minimum absolute atomic E-state index is 0.501. The first-order valence-electron chi connectivity index (χ1n) is 7.43. The van der Waals surface area contributed by atoms with Gasteiger partial charge in [-0.25, -0.2) is 4.98 Å². The van der Waals surface area contributed by atoms with Crippen LogP contribution in [0.3, 0.4) is 0 Å². The molecule has 1 heterocycles. The third-order valence-electron chi connectivity index (χ3n) is 3.27. The number of thiazole rings is 1. The van der Waals surface area contributed by atoms with Crippen LogP contribution in [0.5, 0.6) is 0 Å². The molecule has 0 radical (unpaired) electrons. The van der Waals surface area contributed by atoms with Crippen molar-refractivity contribution in [2.24, 2.45) is 0 Å². The van der Waals surface area contributed by atoms with Gasteiger partial charge >= 0.3 is 0 Å². The monoisotopic (exact) mass is 303 g/mol. The van der Waals surface area contributed by atoms with E-state index in [2.05, 4.69) is 67.7 Å². The Morgan fingerprint density at radius 2 is 1.90 bits per heavy atom. The van der Waals surface area contributed by atoms with Gasteiger partial charge in [-0.3, -0.25) is 4.90 Å². The highest BCUT2D eigenvalue weighted by molar-refractivity contribution is 7.09. The zero-order valence-corrected chi connectivity index (χ0v) is 14.2. The van der Waals surface area contributed by atoms with Crippen LogP contribution in [0.1, 0.15) is 35.7 Å². The minimum atomic E-state index is 0.501. The van der Waals surface area contributed by atoms with Crippen molar-refractivity contribution in [1.29, 1.82) is 0 Å². The second-order valence-corrected chi connectivity index (χ2v) is 6.87. The van der Waals surface area contributed by atoms with Crippen LogP contribution in [0.25, 0.3) is 0 Å². The van der Waals surface area contributed by atoms with Crippen LogP contribution >= 0.6 is 11.3 Å². The summed E-state index contributed by atoms with van der Waals surface area (Å²) in [6.45, 7) is 9.15. The smallest absolute Gasteiger partial charge is 0.107 e. The second kappa shape index (κ2) is 7.69. The van der Waals surface area contributed by atoms with Crippen LogP contribution < -0.4 is 5.32 Å². The molecule has 0 aliphatic heterocycles. The molecule has 0 aliphatic rings. The number of aryl methyl sites for hydroxylation is 1. The lowest BCUT2D eigenvalue weighted by Gasteiger charge is -2.15. The van der Waals surface area contributed by atoms with Gasteiger partial charge in [0.25, 0.3) is 0 Å². The van der Waals surface area contributed by atoms with E-state index in [1.807, 2.05) is 0 Å². The Morgan fingerprint density at radius 3 is 2.57 bits per heavy atom. The summed E-state index contributed by atoms with van der Waals surface area (Å²) in [7, 11) is 2.14. The largest absolute Gasteiger partial charge is 0.308 e. The number of nitrogens with one attached hydrogen (secondary N) is 1. The van der Waals surface area contributed by atoms with Gasteiger partial charge in [-0.1, -0.05) is 43.7 Å². The van der Waals surface area contributed by atoms with Gasteiger partial charge < -0.3 is 5.32 Å². The zero-order valence-electron chi connectivity index (χ0n) is 13.4. The molecular formula is C17H25N3S. The van der Waals surface area contributed by atoms with Crippen LogP contribution in [0.4, 0.5) is 0 Å². The summed E-state index contributed by atoms with van der Waals surface area (Å²) in [5.74, 6) is 0. The molecule has 1 aromatic heterocycles. The van der Waals surface area contributed by atoms with Crippen LogP contribution in [-0.4, -0.2) is 23.0 Å². The van der Waals surface area contributed by atoms with Crippen molar-refractivity contribution < 1.29 is 0 Å². The molecule has 0 atom stereocenters. The quantitative estimate of drug-likeness (QED) is 0.847. The molecule has 21 heavy (non-hydrogen) atoms. The van der Waals surface area contributed by atoms with Crippen LogP contribution in [0, 0.1) is 6.92 Å². The van der Waals surface area contributed by atoms with Crippen molar-refractivity contribution in [2.45, 2.75) is 46.4 Å². The van der Waals surface area contributed by atoms with E-state index in [4.69, 9.17) is 4.98 Å². The van der Waals surface area contributed by atoms with Gasteiger partial charge in [0.05, 0.1) is 5.69 Å². The molecule has 1 aromatic carbocycles. The molecule has 0 saturated carbocycles. The Morgan fingerprint density at radius 1 is 1.19 bits per heavy atom. The average molecular weight is 303 g/mol. The highest BCUT2D eigenvalue weighted by Gasteiger charge is 2.06. The number of aromatic nitrogens is 1. The topological polar surface area (TPSA) is 28.2 Å². The molecule has 3 nitrogen and oxygen atoms in total. The van der Waals surface area contributed by atoms with Crippen molar-refractivity contribution >= 4 is 11.3 Å². The lowest BCUT2D eigenvalue weighted by Crippen LogP contribution is -2.22. The van der Waals surface area contributed by atoms with Gasteiger partial charge in [-0.15, -0.1) is 11.3 Å². The number of rotatable bonds is 7. The Hall–Kier alpha value is -1.23. The van der Waals surface area contributed by atoms with Gasteiger partial charge in [0, 0.05) is 31.1 Å².